The number of nitrogens with zero attached hydrogens (tertiary/aromatic N) is 2. The molecule has 197 valence electrons. The van der Waals surface area contributed by atoms with Crippen LogP contribution in [-0.4, -0.2) is 26.4 Å². The Morgan fingerprint density at radius 1 is 0.775 bits per heavy atom. The first kappa shape index (κ1) is 27.4. The van der Waals surface area contributed by atoms with Gasteiger partial charge in [-0.1, -0.05) is 158 Å². The summed E-state index contributed by atoms with van der Waals surface area (Å²) in [6.07, 6.45) is 12.2. The van der Waals surface area contributed by atoms with Gasteiger partial charge >= 0.3 is 0 Å². The molecule has 0 N–H and O–H groups in total. The molecule has 0 saturated carbocycles. The molecule has 4 aromatic carbocycles. The predicted molar refractivity (Wildman–Crippen MR) is 175 cm³/mol. The van der Waals surface area contributed by atoms with Gasteiger partial charge in [0, 0.05) is 34.0 Å². The molecular formula is C36H36BN2Si. The molecule has 1 aromatic heterocycles. The molecule has 1 atom stereocenters. The first-order valence-corrected chi connectivity index (χ1v) is 16.2. The van der Waals surface area contributed by atoms with Crippen molar-refractivity contribution in [3.05, 3.63) is 168 Å². The molecule has 0 saturated heterocycles. The van der Waals surface area contributed by atoms with Gasteiger partial charge in [0.1, 0.15) is 0 Å². The van der Waals surface area contributed by atoms with Gasteiger partial charge in [0.15, 0.2) is 0 Å². The third kappa shape index (κ3) is 7.71. The molecule has 40 heavy (non-hydrogen) atoms. The molecule has 0 aliphatic rings. The molecule has 0 fully saturated rings. The summed E-state index contributed by atoms with van der Waals surface area (Å²) in [4.78, 5) is 4.72. The van der Waals surface area contributed by atoms with Crippen LogP contribution in [0.25, 0.3) is 11.5 Å². The Labute approximate surface area is 242 Å². The summed E-state index contributed by atoms with van der Waals surface area (Å²) >= 11 is 0. The predicted octanol–water partition coefficient (Wildman–Crippen LogP) is 6.98. The van der Waals surface area contributed by atoms with E-state index >= 15 is 0 Å². The standard InChI is InChI=1S/C36H36BN2Si/c1-29(22-23-34(31-16-8-3-9-17-31)32-18-10-4-11-19-32)27-40-28-39-25-24-38-36(39)37-35(33-20-12-5-13-21-33)26-30-14-6-2-7-15-30/h2-26,29,34H,27-28,40H2,1H3. The molecule has 0 aliphatic carbocycles. The topological polar surface area (TPSA) is 17.8 Å². The smallest absolute Gasteiger partial charge is 0.241 e. The highest BCUT2D eigenvalue weighted by molar-refractivity contribution is 6.73. The first-order chi connectivity index (χ1) is 19.8. The zero-order valence-electron chi connectivity index (χ0n) is 23.2. The number of benzene rings is 4. The minimum absolute atomic E-state index is 0.286. The van der Waals surface area contributed by atoms with Crippen molar-refractivity contribution in [2.24, 2.45) is 5.92 Å². The molecule has 2 nitrogen and oxygen atoms in total. The van der Waals surface area contributed by atoms with E-state index in [9.17, 15) is 0 Å². The average Bonchev–Trinajstić information content (AvgIpc) is 3.45. The van der Waals surface area contributed by atoms with Crippen molar-refractivity contribution in [3.63, 3.8) is 0 Å². The first-order valence-electron chi connectivity index (χ1n) is 14.2. The van der Waals surface area contributed by atoms with Crippen LogP contribution in [0, 0.1) is 5.92 Å². The molecule has 4 heteroatoms. The molecule has 1 unspecified atom stereocenters. The maximum Gasteiger partial charge on any atom is 0.241 e. The van der Waals surface area contributed by atoms with E-state index in [2.05, 4.69) is 165 Å². The van der Waals surface area contributed by atoms with Gasteiger partial charge in [-0.25, -0.2) is 0 Å². The largest absolute Gasteiger partial charge is 0.347 e. The van der Waals surface area contributed by atoms with E-state index in [1.807, 2.05) is 6.20 Å². The molecule has 1 radical (unpaired) electrons. The number of hydrogen-bond donors (Lipinski definition) is 0. The molecule has 5 aromatic rings. The van der Waals surface area contributed by atoms with Crippen LogP contribution in [0.3, 0.4) is 0 Å². The number of hydrogen-bond acceptors (Lipinski definition) is 1. The van der Waals surface area contributed by atoms with Gasteiger partial charge in [-0.15, -0.1) is 0 Å². The average molecular weight is 536 g/mol. The maximum absolute atomic E-state index is 4.72. The number of aromatic nitrogens is 2. The molecular weight excluding hydrogens is 499 g/mol. The van der Waals surface area contributed by atoms with Gasteiger partial charge in [0.25, 0.3) is 0 Å². The summed E-state index contributed by atoms with van der Waals surface area (Å²) in [5, 5.41) is 0. The van der Waals surface area contributed by atoms with Gasteiger partial charge in [0.2, 0.25) is 7.28 Å². The second-order valence-electron chi connectivity index (χ2n) is 10.3. The normalized spacial score (nSPS) is 12.9. The summed E-state index contributed by atoms with van der Waals surface area (Å²) in [6.45, 7) is 2.35. The molecule has 1 heterocycles. The van der Waals surface area contributed by atoms with Crippen molar-refractivity contribution in [1.82, 2.24) is 9.55 Å². The zero-order valence-corrected chi connectivity index (χ0v) is 24.6. The Balaban J connectivity index is 1.23. The summed E-state index contributed by atoms with van der Waals surface area (Å²) < 4.78 is 2.33. The Bertz CT molecular complexity index is 1460. The highest BCUT2D eigenvalue weighted by Gasteiger charge is 2.13. The SMILES string of the molecule is CC(C=CC(c1ccccc1)c1ccccc1)C[SiH2]Cn1ccnc1[B]C(=Cc1ccccc1)c1ccccc1. The molecule has 0 spiro atoms. The van der Waals surface area contributed by atoms with E-state index in [1.54, 1.807) is 0 Å². The Kier molecular flexibility index (Phi) is 9.80. The highest BCUT2D eigenvalue weighted by atomic mass is 28.2. The summed E-state index contributed by atoms with van der Waals surface area (Å²) in [5.74, 6) is 0.838. The van der Waals surface area contributed by atoms with Crippen LogP contribution in [-0.2, 0) is 6.17 Å². The lowest BCUT2D eigenvalue weighted by molar-refractivity contribution is 0.797. The van der Waals surface area contributed by atoms with Gasteiger partial charge in [-0.05, 0) is 28.2 Å². The summed E-state index contributed by atoms with van der Waals surface area (Å²) in [7, 11) is 1.91. The monoisotopic (exact) mass is 535 g/mol. The lowest BCUT2D eigenvalue weighted by Gasteiger charge is -2.15. The fraction of sp³-hybridized carbons (Fsp3) is 0.139. The number of allylic oxidation sites excluding steroid dienone is 2. The minimum atomic E-state index is -0.318. The van der Waals surface area contributed by atoms with E-state index in [-0.39, 0.29) is 15.4 Å². The number of imidazole rings is 1. The lowest BCUT2D eigenvalue weighted by atomic mass is 9.65. The minimum Gasteiger partial charge on any atom is -0.347 e. The number of rotatable bonds is 12. The molecule has 5 rings (SSSR count). The van der Waals surface area contributed by atoms with Crippen molar-refractivity contribution in [2.45, 2.75) is 25.1 Å². The van der Waals surface area contributed by atoms with E-state index in [1.165, 1.54) is 33.8 Å². The van der Waals surface area contributed by atoms with Gasteiger partial charge in [-0.3, -0.25) is 4.98 Å². The third-order valence-corrected chi connectivity index (χ3v) is 9.39. The van der Waals surface area contributed by atoms with Crippen molar-refractivity contribution >= 4 is 34.1 Å². The van der Waals surface area contributed by atoms with Gasteiger partial charge in [-0.2, -0.15) is 0 Å². The van der Waals surface area contributed by atoms with Crippen LogP contribution in [0.15, 0.2) is 146 Å². The second-order valence-corrected chi connectivity index (χ2v) is 12.0. The highest BCUT2D eigenvalue weighted by Crippen LogP contribution is 2.26. The molecule has 0 aliphatic heterocycles. The van der Waals surface area contributed by atoms with Crippen molar-refractivity contribution < 1.29 is 0 Å². The maximum atomic E-state index is 4.72. The van der Waals surface area contributed by atoms with Crippen LogP contribution < -0.4 is 5.72 Å². The summed E-state index contributed by atoms with van der Waals surface area (Å²) in [6, 6.07) is 44.0. The Morgan fingerprint density at radius 2 is 1.35 bits per heavy atom. The Hall–Kier alpha value is -4.15. The van der Waals surface area contributed by atoms with Crippen LogP contribution in [0.5, 0.6) is 0 Å². The van der Waals surface area contributed by atoms with E-state index < -0.39 is 0 Å². The van der Waals surface area contributed by atoms with E-state index in [4.69, 9.17) is 4.98 Å². The quantitative estimate of drug-likeness (QED) is 0.0958. The van der Waals surface area contributed by atoms with Crippen molar-refractivity contribution in [3.8, 4) is 0 Å². The lowest BCUT2D eigenvalue weighted by Crippen LogP contribution is -2.29. The van der Waals surface area contributed by atoms with Crippen LogP contribution in [0.4, 0.5) is 0 Å². The van der Waals surface area contributed by atoms with Crippen molar-refractivity contribution in [1.29, 1.82) is 0 Å². The summed E-state index contributed by atoms with van der Waals surface area (Å²) in [5.41, 5.74) is 7.26. The molecule has 0 bridgehead atoms. The Morgan fingerprint density at radius 3 is 1.98 bits per heavy atom. The zero-order chi connectivity index (χ0) is 27.4. The van der Waals surface area contributed by atoms with E-state index in [0.717, 1.165) is 11.9 Å². The third-order valence-electron chi connectivity index (χ3n) is 7.27. The van der Waals surface area contributed by atoms with Crippen LogP contribution in [0.1, 0.15) is 35.1 Å². The fourth-order valence-electron chi connectivity index (χ4n) is 5.07. The van der Waals surface area contributed by atoms with Crippen LogP contribution in [0.2, 0.25) is 6.04 Å². The second kappa shape index (κ2) is 14.3. The van der Waals surface area contributed by atoms with Gasteiger partial charge in [0.05, 0.1) is 5.72 Å². The molecule has 0 amide bonds. The van der Waals surface area contributed by atoms with Gasteiger partial charge < -0.3 is 4.57 Å². The van der Waals surface area contributed by atoms with Crippen LogP contribution >= 0.6 is 0 Å². The fourth-order valence-corrected chi connectivity index (χ4v) is 6.81. The van der Waals surface area contributed by atoms with E-state index in [0.29, 0.717) is 5.92 Å². The van der Waals surface area contributed by atoms with Crippen molar-refractivity contribution in [2.75, 3.05) is 0 Å².